The first kappa shape index (κ1) is 17.7. The van der Waals surface area contributed by atoms with Crippen LogP contribution in [0.2, 0.25) is 4.34 Å². The van der Waals surface area contributed by atoms with E-state index in [1.165, 1.54) is 10.4 Å². The summed E-state index contributed by atoms with van der Waals surface area (Å²) in [7, 11) is -3.52. The summed E-state index contributed by atoms with van der Waals surface area (Å²) in [4.78, 5) is 14.1. The van der Waals surface area contributed by atoms with Crippen LogP contribution in [0, 0.1) is 5.41 Å². The number of carbonyl (C=O) groups excluding carboxylic acids is 1. The van der Waals surface area contributed by atoms with Crippen LogP contribution in [0.1, 0.15) is 27.2 Å². The Balaban J connectivity index is 2.12. The van der Waals surface area contributed by atoms with Gasteiger partial charge in [0.05, 0.1) is 4.34 Å². The monoisotopic (exact) mass is 364 g/mol. The topological polar surface area (TPSA) is 57.7 Å². The van der Waals surface area contributed by atoms with E-state index in [-0.39, 0.29) is 10.1 Å². The van der Waals surface area contributed by atoms with E-state index in [9.17, 15) is 13.2 Å². The van der Waals surface area contributed by atoms with Crippen molar-refractivity contribution in [3.05, 3.63) is 16.5 Å². The number of halogens is 1. The van der Waals surface area contributed by atoms with Gasteiger partial charge in [-0.25, -0.2) is 8.42 Å². The minimum Gasteiger partial charge on any atom is -0.341 e. The molecule has 2 heterocycles. The number of sulfonamides is 1. The first-order valence-corrected chi connectivity index (χ1v) is 9.81. The second-order valence-corrected chi connectivity index (χ2v) is 10.2. The smallest absolute Gasteiger partial charge is 0.252 e. The molecule has 0 radical (unpaired) electrons. The van der Waals surface area contributed by atoms with Crippen LogP contribution in [0.5, 0.6) is 0 Å². The third kappa shape index (κ3) is 3.82. The minimum atomic E-state index is -3.52. The Labute approximate surface area is 140 Å². The fraction of sp³-hybridized carbons (Fsp3) is 0.643. The summed E-state index contributed by atoms with van der Waals surface area (Å²) < 4.78 is 27.4. The standard InChI is InChI=1S/C14H21ClN2O3S2/c1-14(2,3)13(18)16-7-4-8-17(10-9-16)22(19,20)12-6-5-11(15)21-12/h5-6H,4,7-10H2,1-3H3. The van der Waals surface area contributed by atoms with Gasteiger partial charge in [-0.3, -0.25) is 4.79 Å². The molecule has 0 aliphatic carbocycles. The van der Waals surface area contributed by atoms with Gasteiger partial charge in [0.1, 0.15) is 4.21 Å². The number of carbonyl (C=O) groups is 1. The Morgan fingerprint density at radius 3 is 2.41 bits per heavy atom. The highest BCUT2D eigenvalue weighted by atomic mass is 35.5. The summed E-state index contributed by atoms with van der Waals surface area (Å²) >= 11 is 6.90. The van der Waals surface area contributed by atoms with Crippen molar-refractivity contribution in [3.8, 4) is 0 Å². The summed E-state index contributed by atoms with van der Waals surface area (Å²) in [6, 6.07) is 3.12. The molecule has 0 spiro atoms. The lowest BCUT2D eigenvalue weighted by molar-refractivity contribution is -0.139. The molecule has 1 aliphatic rings. The quantitative estimate of drug-likeness (QED) is 0.810. The van der Waals surface area contributed by atoms with Crippen LogP contribution in [0.25, 0.3) is 0 Å². The van der Waals surface area contributed by atoms with Crippen molar-refractivity contribution in [2.45, 2.75) is 31.4 Å². The van der Waals surface area contributed by atoms with Crippen molar-refractivity contribution >= 4 is 38.9 Å². The normalized spacial score (nSPS) is 18.3. The molecule has 1 aromatic rings. The van der Waals surface area contributed by atoms with Gasteiger partial charge in [-0.05, 0) is 18.6 Å². The lowest BCUT2D eigenvalue weighted by atomic mass is 9.94. The molecule has 0 N–H and O–H groups in total. The molecule has 5 nitrogen and oxygen atoms in total. The zero-order valence-corrected chi connectivity index (χ0v) is 15.4. The molecule has 0 aromatic carbocycles. The number of hydrogen-bond acceptors (Lipinski definition) is 4. The second-order valence-electron chi connectivity index (χ2n) is 6.36. The molecule has 8 heteroatoms. The van der Waals surface area contributed by atoms with Gasteiger partial charge in [-0.2, -0.15) is 4.31 Å². The van der Waals surface area contributed by atoms with Gasteiger partial charge in [0.2, 0.25) is 5.91 Å². The van der Waals surface area contributed by atoms with Crippen molar-refractivity contribution in [2.24, 2.45) is 5.41 Å². The molecule has 1 fully saturated rings. The van der Waals surface area contributed by atoms with Crippen molar-refractivity contribution in [1.82, 2.24) is 9.21 Å². The van der Waals surface area contributed by atoms with Gasteiger partial charge < -0.3 is 4.90 Å². The first-order valence-electron chi connectivity index (χ1n) is 7.17. The van der Waals surface area contributed by atoms with Gasteiger partial charge >= 0.3 is 0 Å². The highest BCUT2D eigenvalue weighted by Gasteiger charge is 2.32. The van der Waals surface area contributed by atoms with Crippen LogP contribution in [-0.2, 0) is 14.8 Å². The van der Waals surface area contributed by atoms with Crippen LogP contribution < -0.4 is 0 Å². The average Bonchev–Trinajstić information content (AvgIpc) is 2.72. The molecule has 1 aliphatic heterocycles. The molecule has 1 amide bonds. The molecular weight excluding hydrogens is 344 g/mol. The highest BCUT2D eigenvalue weighted by Crippen LogP contribution is 2.29. The van der Waals surface area contributed by atoms with Gasteiger partial charge in [0.15, 0.2) is 0 Å². The Bertz CT molecular complexity index is 649. The maximum Gasteiger partial charge on any atom is 0.252 e. The SMILES string of the molecule is CC(C)(C)C(=O)N1CCCN(S(=O)(=O)c2ccc(Cl)s2)CC1. The average molecular weight is 365 g/mol. The third-order valence-electron chi connectivity index (χ3n) is 3.53. The largest absolute Gasteiger partial charge is 0.341 e. The second kappa shape index (κ2) is 6.47. The van der Waals surface area contributed by atoms with Gasteiger partial charge in [0, 0.05) is 31.6 Å². The molecule has 22 heavy (non-hydrogen) atoms. The molecule has 1 saturated heterocycles. The van der Waals surface area contributed by atoms with Gasteiger partial charge in [0.25, 0.3) is 10.0 Å². The maximum atomic E-state index is 12.6. The van der Waals surface area contributed by atoms with Crippen molar-refractivity contribution in [2.75, 3.05) is 26.2 Å². The van der Waals surface area contributed by atoms with E-state index in [0.29, 0.717) is 36.9 Å². The van der Waals surface area contributed by atoms with E-state index in [1.807, 2.05) is 20.8 Å². The molecule has 0 bridgehead atoms. The number of thiophene rings is 1. The Kier molecular flexibility index (Phi) is 5.21. The van der Waals surface area contributed by atoms with Crippen molar-refractivity contribution in [3.63, 3.8) is 0 Å². The fourth-order valence-corrected chi connectivity index (χ4v) is 5.48. The summed E-state index contributed by atoms with van der Waals surface area (Å²) in [5, 5.41) is 0. The Hall–Kier alpha value is -0.630. The summed E-state index contributed by atoms with van der Waals surface area (Å²) in [6.07, 6.45) is 0.639. The summed E-state index contributed by atoms with van der Waals surface area (Å²) in [5.74, 6) is 0.0610. The predicted octanol–water partition coefficient (Wildman–Crippen LogP) is 2.67. The van der Waals surface area contributed by atoms with Crippen LogP contribution in [0.15, 0.2) is 16.3 Å². The highest BCUT2D eigenvalue weighted by molar-refractivity contribution is 7.91. The van der Waals surface area contributed by atoms with E-state index in [4.69, 9.17) is 11.6 Å². The fourth-order valence-electron chi connectivity index (χ4n) is 2.38. The number of nitrogens with zero attached hydrogens (tertiary/aromatic N) is 2. The third-order valence-corrected chi connectivity index (χ3v) is 7.12. The van der Waals surface area contributed by atoms with Crippen LogP contribution in [0.4, 0.5) is 0 Å². The Morgan fingerprint density at radius 2 is 1.86 bits per heavy atom. The zero-order valence-electron chi connectivity index (χ0n) is 13.0. The van der Waals surface area contributed by atoms with Crippen LogP contribution in [0.3, 0.4) is 0 Å². The molecule has 2 rings (SSSR count). The van der Waals surface area contributed by atoms with Crippen molar-refractivity contribution < 1.29 is 13.2 Å². The molecule has 124 valence electrons. The van der Waals surface area contributed by atoms with Gasteiger partial charge in [-0.15, -0.1) is 11.3 Å². The van der Waals surface area contributed by atoms with E-state index in [0.717, 1.165) is 11.3 Å². The lowest BCUT2D eigenvalue weighted by Gasteiger charge is -2.28. The number of amides is 1. The predicted molar refractivity (Wildman–Crippen MR) is 88.7 cm³/mol. The number of rotatable bonds is 2. The molecule has 0 unspecified atom stereocenters. The van der Waals surface area contributed by atoms with Gasteiger partial charge in [-0.1, -0.05) is 32.4 Å². The molecule has 0 atom stereocenters. The summed E-state index contributed by atoms with van der Waals surface area (Å²) in [5.41, 5.74) is -0.449. The molecule has 0 saturated carbocycles. The summed E-state index contributed by atoms with van der Waals surface area (Å²) in [6.45, 7) is 7.39. The van der Waals surface area contributed by atoms with E-state index >= 15 is 0 Å². The zero-order chi connectivity index (χ0) is 16.5. The lowest BCUT2D eigenvalue weighted by Crippen LogP contribution is -2.42. The van der Waals surface area contributed by atoms with Crippen molar-refractivity contribution in [1.29, 1.82) is 0 Å². The minimum absolute atomic E-state index is 0.0610. The molecular formula is C14H21ClN2O3S2. The maximum absolute atomic E-state index is 12.6. The number of hydrogen-bond donors (Lipinski definition) is 0. The van der Waals surface area contributed by atoms with E-state index in [2.05, 4.69) is 0 Å². The Morgan fingerprint density at radius 1 is 1.18 bits per heavy atom. The first-order chi connectivity index (χ1) is 10.1. The van der Waals surface area contributed by atoms with Crippen LogP contribution in [-0.4, -0.2) is 49.7 Å². The molecule has 1 aromatic heterocycles. The van der Waals surface area contributed by atoms with E-state index in [1.54, 1.807) is 11.0 Å². The van der Waals surface area contributed by atoms with E-state index < -0.39 is 15.4 Å². The van der Waals surface area contributed by atoms with Crippen LogP contribution >= 0.6 is 22.9 Å².